The fourth-order valence-electron chi connectivity index (χ4n) is 5.65. The highest BCUT2D eigenvalue weighted by molar-refractivity contribution is 7.14. The molecule has 0 saturated carbocycles. The summed E-state index contributed by atoms with van der Waals surface area (Å²) in [6.07, 6.45) is 1.86. The smallest absolute Gasteiger partial charge is 0.362 e. The average Bonchev–Trinajstić information content (AvgIpc) is 3.62. The molecule has 6 rings (SSSR count). The molecular weight excluding hydrogens is 607 g/mol. The highest BCUT2D eigenvalue weighted by Gasteiger charge is 2.47. The Morgan fingerprint density at radius 3 is 1.47 bits per heavy atom. The van der Waals surface area contributed by atoms with Crippen molar-refractivity contribution in [3.63, 3.8) is 0 Å². The minimum absolute atomic E-state index is 0.209. The third kappa shape index (κ3) is 6.06. The molecule has 7 nitrogen and oxygen atoms in total. The van der Waals surface area contributed by atoms with Crippen molar-refractivity contribution in [1.29, 1.82) is 0 Å². The van der Waals surface area contributed by atoms with Gasteiger partial charge in [-0.3, -0.25) is 4.79 Å². The molecule has 0 aliphatic carbocycles. The van der Waals surface area contributed by atoms with E-state index in [1.165, 1.54) is 18.4 Å². The number of hydrogen-bond donors (Lipinski definition) is 1. The lowest BCUT2D eigenvalue weighted by molar-refractivity contribution is -0.165. The summed E-state index contributed by atoms with van der Waals surface area (Å²) in [4.78, 5) is 36.7. The number of thiazole rings is 1. The van der Waals surface area contributed by atoms with E-state index in [-0.39, 0.29) is 11.4 Å². The lowest BCUT2D eigenvalue weighted by atomic mass is 9.77. The zero-order valence-electron chi connectivity index (χ0n) is 25.4. The standard InChI is InChI=1S/C39H30N3O4S/c1-45-36(44)39(32-23-13-5-14-24-32,33-25-15-6-16-26-33)46-42-34(27-43)35-28-47-37(40-35)41-38(29-17-7-2-8-18-29,30-19-9-3-10-20-30)31-21-11-4-12-22-31/h2-26,28H,1H3,(H,40,41)/b42-34+. The molecule has 0 saturated heterocycles. The number of anilines is 1. The number of carbonyl (C=O) groups is 1. The highest BCUT2D eigenvalue weighted by atomic mass is 32.1. The van der Waals surface area contributed by atoms with Crippen LogP contribution in [0.2, 0.25) is 0 Å². The van der Waals surface area contributed by atoms with Crippen molar-refractivity contribution >= 4 is 34.4 Å². The first kappa shape index (κ1) is 31.1. The van der Waals surface area contributed by atoms with Crippen LogP contribution >= 0.6 is 11.3 Å². The first-order chi connectivity index (χ1) is 23.1. The van der Waals surface area contributed by atoms with E-state index in [1.807, 2.05) is 73.0 Å². The van der Waals surface area contributed by atoms with Crippen LogP contribution in [0, 0.1) is 0 Å². The Labute approximate surface area is 277 Å². The van der Waals surface area contributed by atoms with Gasteiger partial charge in [-0.25, -0.2) is 9.78 Å². The number of rotatable bonds is 12. The predicted octanol–water partition coefficient (Wildman–Crippen LogP) is 7.49. The van der Waals surface area contributed by atoms with E-state index in [0.29, 0.717) is 16.3 Å². The normalized spacial score (nSPS) is 11.8. The molecule has 0 unspecified atom stereocenters. The minimum atomic E-state index is -1.79. The molecule has 0 bridgehead atoms. The molecule has 5 aromatic carbocycles. The van der Waals surface area contributed by atoms with E-state index >= 15 is 0 Å². The van der Waals surface area contributed by atoms with Crippen molar-refractivity contribution in [1.82, 2.24) is 4.98 Å². The molecule has 0 aliphatic heterocycles. The van der Waals surface area contributed by atoms with Crippen LogP contribution in [0.4, 0.5) is 5.13 Å². The molecular formula is C39H30N3O4S. The summed E-state index contributed by atoms with van der Waals surface area (Å²) >= 11 is 1.31. The van der Waals surface area contributed by atoms with Crippen molar-refractivity contribution < 1.29 is 19.2 Å². The van der Waals surface area contributed by atoms with Crippen LogP contribution in [0.1, 0.15) is 33.5 Å². The Morgan fingerprint density at radius 2 is 1.09 bits per heavy atom. The summed E-state index contributed by atoms with van der Waals surface area (Å²) in [5.74, 6) is -0.706. The van der Waals surface area contributed by atoms with Crippen LogP contribution in [0.3, 0.4) is 0 Å². The number of benzene rings is 5. The van der Waals surface area contributed by atoms with Gasteiger partial charge in [0.05, 0.1) is 7.11 Å². The first-order valence-corrected chi connectivity index (χ1v) is 15.7. The maximum absolute atomic E-state index is 13.5. The molecule has 0 amide bonds. The zero-order valence-corrected chi connectivity index (χ0v) is 26.3. The average molecular weight is 637 g/mol. The Kier molecular flexibility index (Phi) is 9.31. The molecule has 0 atom stereocenters. The van der Waals surface area contributed by atoms with Gasteiger partial charge in [-0.2, -0.15) is 0 Å². The van der Waals surface area contributed by atoms with Crippen LogP contribution in [-0.4, -0.2) is 30.1 Å². The van der Waals surface area contributed by atoms with Crippen molar-refractivity contribution in [3.8, 4) is 0 Å². The molecule has 8 heteroatoms. The molecule has 231 valence electrons. The van der Waals surface area contributed by atoms with E-state index in [1.54, 1.807) is 53.9 Å². The van der Waals surface area contributed by atoms with Crippen molar-refractivity contribution in [2.75, 3.05) is 12.4 Å². The number of hydrogen-bond acceptors (Lipinski definition) is 8. The molecule has 47 heavy (non-hydrogen) atoms. The van der Waals surface area contributed by atoms with E-state index in [9.17, 15) is 9.59 Å². The van der Waals surface area contributed by atoms with Gasteiger partial charge in [0.2, 0.25) is 0 Å². The number of nitrogens with zero attached hydrogens (tertiary/aromatic N) is 2. The fourth-order valence-corrected chi connectivity index (χ4v) is 6.40. The van der Waals surface area contributed by atoms with Gasteiger partial charge in [0.1, 0.15) is 11.2 Å². The van der Waals surface area contributed by atoms with Crippen LogP contribution in [0.25, 0.3) is 0 Å². The van der Waals surface area contributed by atoms with E-state index in [2.05, 4.69) is 46.9 Å². The van der Waals surface area contributed by atoms with Crippen LogP contribution < -0.4 is 5.32 Å². The molecule has 6 aromatic rings. The SMILES string of the molecule is COC(=O)C(O/N=C(\[C]=O)c1csc(NC(c2ccccc2)(c2ccccc2)c2ccccc2)n1)(c1ccccc1)c1ccccc1. The van der Waals surface area contributed by atoms with Gasteiger partial charge in [0, 0.05) is 16.5 Å². The van der Waals surface area contributed by atoms with Gasteiger partial charge < -0.3 is 14.9 Å². The number of oxime groups is 1. The number of methoxy groups -OCH3 is 1. The van der Waals surface area contributed by atoms with E-state index < -0.39 is 17.1 Å². The molecule has 1 radical (unpaired) electrons. The summed E-state index contributed by atoms with van der Waals surface area (Å²) in [5, 5.41) is 10.1. The topological polar surface area (TPSA) is 89.9 Å². The van der Waals surface area contributed by atoms with Crippen molar-refractivity contribution in [2.45, 2.75) is 11.1 Å². The molecule has 0 aliphatic rings. The molecule has 1 N–H and O–H groups in total. The molecule has 0 spiro atoms. The summed E-state index contributed by atoms with van der Waals surface area (Å²) in [7, 11) is 1.28. The quantitative estimate of drug-likeness (QED) is 0.0648. The third-order valence-corrected chi connectivity index (χ3v) is 8.62. The Bertz CT molecular complexity index is 1810. The second-order valence-electron chi connectivity index (χ2n) is 10.5. The van der Waals surface area contributed by atoms with Gasteiger partial charge in [0.15, 0.2) is 10.8 Å². The van der Waals surface area contributed by atoms with Crippen LogP contribution in [0.5, 0.6) is 0 Å². The van der Waals surface area contributed by atoms with Gasteiger partial charge in [-0.1, -0.05) is 157 Å². The van der Waals surface area contributed by atoms with E-state index in [0.717, 1.165) is 16.7 Å². The Hall–Kier alpha value is -5.86. The lowest BCUT2D eigenvalue weighted by Crippen LogP contribution is -2.40. The largest absolute Gasteiger partial charge is 0.465 e. The number of ether oxygens (including phenoxy) is 1. The van der Waals surface area contributed by atoms with Gasteiger partial charge in [-0.05, 0) is 16.7 Å². The Balaban J connectivity index is 1.43. The molecule has 1 heterocycles. The summed E-state index contributed by atoms with van der Waals surface area (Å²) in [6.45, 7) is 0. The maximum Gasteiger partial charge on any atom is 0.362 e. The monoisotopic (exact) mass is 636 g/mol. The summed E-state index contributed by atoms with van der Waals surface area (Å²) < 4.78 is 5.23. The van der Waals surface area contributed by atoms with Crippen LogP contribution in [-0.2, 0) is 30.3 Å². The molecule has 1 aromatic heterocycles. The third-order valence-electron chi connectivity index (χ3n) is 7.87. The predicted molar refractivity (Wildman–Crippen MR) is 184 cm³/mol. The highest BCUT2D eigenvalue weighted by Crippen LogP contribution is 2.41. The number of carbonyl (C=O) groups excluding carboxylic acids is 2. The lowest BCUT2D eigenvalue weighted by Gasteiger charge is -2.36. The second kappa shape index (κ2) is 14.1. The number of esters is 1. The maximum atomic E-state index is 13.5. The number of nitrogens with one attached hydrogen (secondary N) is 1. The Morgan fingerprint density at radius 1 is 0.681 bits per heavy atom. The first-order valence-electron chi connectivity index (χ1n) is 14.9. The van der Waals surface area contributed by atoms with Crippen molar-refractivity contribution in [2.24, 2.45) is 5.16 Å². The fraction of sp³-hybridized carbons (Fsp3) is 0.0769. The zero-order chi connectivity index (χ0) is 32.5. The van der Waals surface area contributed by atoms with E-state index in [4.69, 9.17) is 14.6 Å². The van der Waals surface area contributed by atoms with Gasteiger partial charge in [0.25, 0.3) is 11.9 Å². The second-order valence-corrected chi connectivity index (χ2v) is 11.4. The van der Waals surface area contributed by atoms with Crippen molar-refractivity contribution in [3.05, 3.63) is 191 Å². The summed E-state index contributed by atoms with van der Waals surface area (Å²) in [5.41, 5.74) is 1.37. The number of aromatic nitrogens is 1. The van der Waals surface area contributed by atoms with Gasteiger partial charge in [-0.15, -0.1) is 11.3 Å². The summed E-state index contributed by atoms with van der Waals surface area (Å²) in [6, 6.07) is 48.1. The van der Waals surface area contributed by atoms with Crippen LogP contribution in [0.15, 0.2) is 162 Å². The minimum Gasteiger partial charge on any atom is -0.465 e. The van der Waals surface area contributed by atoms with Gasteiger partial charge >= 0.3 is 5.97 Å². The molecule has 0 fully saturated rings.